The van der Waals surface area contributed by atoms with E-state index in [2.05, 4.69) is 15.2 Å². The predicted molar refractivity (Wildman–Crippen MR) is 113 cm³/mol. The Hall–Kier alpha value is -3.94. The third-order valence-electron chi connectivity index (χ3n) is 4.94. The van der Waals surface area contributed by atoms with E-state index in [4.69, 9.17) is 14.0 Å². The highest BCUT2D eigenvalue weighted by atomic mass is 16.6. The molecule has 2 heterocycles. The number of ether oxygens (including phenoxy) is 2. The van der Waals surface area contributed by atoms with Crippen LogP contribution >= 0.6 is 0 Å². The smallest absolute Gasteiger partial charge is 0.310 e. The van der Waals surface area contributed by atoms with E-state index in [1.54, 1.807) is 7.11 Å². The zero-order chi connectivity index (χ0) is 21.8. The first-order valence-corrected chi connectivity index (χ1v) is 9.79. The fourth-order valence-electron chi connectivity index (χ4n) is 3.34. The molecule has 0 unspecified atom stereocenters. The summed E-state index contributed by atoms with van der Waals surface area (Å²) >= 11 is 0. The molecule has 0 atom stereocenters. The molecule has 4 rings (SSSR count). The largest absolute Gasteiger partial charge is 0.496 e. The van der Waals surface area contributed by atoms with Crippen molar-refractivity contribution in [2.75, 3.05) is 7.11 Å². The predicted octanol–water partition coefficient (Wildman–Crippen LogP) is 3.83. The minimum atomic E-state index is -0.393. The Kier molecular flexibility index (Phi) is 5.79. The first kappa shape index (κ1) is 20.3. The van der Waals surface area contributed by atoms with Crippen molar-refractivity contribution in [3.8, 4) is 22.8 Å². The van der Waals surface area contributed by atoms with Crippen molar-refractivity contribution in [2.45, 2.75) is 26.9 Å². The lowest BCUT2D eigenvalue weighted by molar-refractivity contribution is -0.144. The van der Waals surface area contributed by atoms with Gasteiger partial charge in [0.05, 0.1) is 30.5 Å². The van der Waals surface area contributed by atoms with Gasteiger partial charge in [0.15, 0.2) is 6.61 Å². The number of carbonyl (C=O) groups is 1. The van der Waals surface area contributed by atoms with Crippen LogP contribution in [0.3, 0.4) is 0 Å². The van der Waals surface area contributed by atoms with Gasteiger partial charge in [-0.1, -0.05) is 35.5 Å². The van der Waals surface area contributed by atoms with Crippen LogP contribution in [0.25, 0.3) is 17.1 Å². The quantitative estimate of drug-likeness (QED) is 0.421. The monoisotopic (exact) mass is 418 g/mol. The summed E-state index contributed by atoms with van der Waals surface area (Å²) in [6.45, 7) is 3.71. The maximum absolute atomic E-state index is 12.4. The second-order valence-electron chi connectivity index (χ2n) is 6.95. The Morgan fingerprint density at radius 2 is 1.81 bits per heavy atom. The first-order chi connectivity index (χ1) is 15.1. The molecule has 0 bridgehead atoms. The Labute approximate surface area is 179 Å². The number of aromatic nitrogens is 4. The molecule has 0 amide bonds. The van der Waals surface area contributed by atoms with Gasteiger partial charge in [-0.15, -0.1) is 0 Å². The lowest BCUT2D eigenvalue weighted by atomic mass is 10.1. The lowest BCUT2D eigenvalue weighted by Gasteiger charge is -2.05. The van der Waals surface area contributed by atoms with Gasteiger partial charge in [0.2, 0.25) is 5.82 Å². The van der Waals surface area contributed by atoms with E-state index in [-0.39, 0.29) is 18.9 Å². The van der Waals surface area contributed by atoms with Gasteiger partial charge in [-0.25, -0.2) is 4.68 Å². The summed E-state index contributed by atoms with van der Waals surface area (Å²) in [4.78, 5) is 16.7. The molecule has 0 radical (unpaired) electrons. The van der Waals surface area contributed by atoms with Crippen LogP contribution in [0.1, 0.15) is 22.8 Å². The zero-order valence-corrected chi connectivity index (χ0v) is 17.5. The number of hydrogen-bond acceptors (Lipinski definition) is 7. The summed E-state index contributed by atoms with van der Waals surface area (Å²) in [5.74, 6) is 0.825. The van der Waals surface area contributed by atoms with Crippen molar-refractivity contribution in [1.82, 2.24) is 19.9 Å². The minimum Gasteiger partial charge on any atom is -0.496 e. The van der Waals surface area contributed by atoms with Crippen molar-refractivity contribution in [1.29, 1.82) is 0 Å². The summed E-state index contributed by atoms with van der Waals surface area (Å²) in [6, 6.07) is 17.1. The Bertz CT molecular complexity index is 1200. The Balaban J connectivity index is 1.42. The normalized spacial score (nSPS) is 10.8. The third kappa shape index (κ3) is 4.32. The van der Waals surface area contributed by atoms with Gasteiger partial charge in [-0.3, -0.25) is 4.79 Å². The van der Waals surface area contributed by atoms with Gasteiger partial charge in [0.1, 0.15) is 5.75 Å². The standard InChI is InChI=1S/C23H22N4O4/c1-15-19(16(2)27(25-15)17-9-5-4-6-10-17)13-22(28)30-14-21-24-23(26-31-21)18-11-7-8-12-20(18)29-3/h4-12H,13-14H2,1-3H3. The summed E-state index contributed by atoms with van der Waals surface area (Å²) in [7, 11) is 1.57. The van der Waals surface area contributed by atoms with Crippen LogP contribution in [-0.2, 0) is 22.6 Å². The van der Waals surface area contributed by atoms with Crippen molar-refractivity contribution in [3.63, 3.8) is 0 Å². The van der Waals surface area contributed by atoms with Crippen LogP contribution in [0.4, 0.5) is 0 Å². The fraction of sp³-hybridized carbons (Fsp3) is 0.217. The molecular formula is C23H22N4O4. The van der Waals surface area contributed by atoms with Crippen molar-refractivity contribution in [3.05, 3.63) is 77.4 Å². The highest BCUT2D eigenvalue weighted by Crippen LogP contribution is 2.27. The Morgan fingerprint density at radius 1 is 1.06 bits per heavy atom. The molecule has 0 spiro atoms. The van der Waals surface area contributed by atoms with Crippen molar-refractivity contribution < 1.29 is 18.8 Å². The molecule has 2 aromatic heterocycles. The van der Waals surface area contributed by atoms with Gasteiger partial charge < -0.3 is 14.0 Å². The van der Waals surface area contributed by atoms with E-state index in [1.807, 2.05) is 73.1 Å². The van der Waals surface area contributed by atoms with Crippen LogP contribution in [0.15, 0.2) is 59.1 Å². The molecule has 31 heavy (non-hydrogen) atoms. The molecule has 0 saturated carbocycles. The first-order valence-electron chi connectivity index (χ1n) is 9.79. The van der Waals surface area contributed by atoms with Crippen LogP contribution in [0.5, 0.6) is 5.75 Å². The molecule has 8 nitrogen and oxygen atoms in total. The van der Waals surface area contributed by atoms with Crippen LogP contribution < -0.4 is 4.74 Å². The van der Waals surface area contributed by atoms with Crippen molar-refractivity contribution in [2.24, 2.45) is 0 Å². The number of benzene rings is 2. The van der Waals surface area contributed by atoms with Gasteiger partial charge in [-0.2, -0.15) is 10.1 Å². The number of aryl methyl sites for hydroxylation is 1. The van der Waals surface area contributed by atoms with Gasteiger partial charge >= 0.3 is 5.97 Å². The van der Waals surface area contributed by atoms with Gasteiger partial charge in [0.25, 0.3) is 5.89 Å². The molecule has 0 saturated heterocycles. The number of rotatable bonds is 7. The average Bonchev–Trinajstić information content (AvgIpc) is 3.38. The molecule has 8 heteroatoms. The summed E-state index contributed by atoms with van der Waals surface area (Å²) in [5, 5.41) is 8.51. The SMILES string of the molecule is COc1ccccc1-c1noc(COC(=O)Cc2c(C)nn(-c3ccccc3)c2C)n1. The number of hydrogen-bond donors (Lipinski definition) is 0. The van der Waals surface area contributed by atoms with E-state index in [0.717, 1.165) is 22.6 Å². The molecule has 158 valence electrons. The van der Waals surface area contributed by atoms with Crippen LogP contribution in [0, 0.1) is 13.8 Å². The van der Waals surface area contributed by atoms with Gasteiger partial charge in [-0.05, 0) is 38.1 Å². The maximum Gasteiger partial charge on any atom is 0.310 e. The van der Waals surface area contributed by atoms with Crippen LogP contribution in [-0.4, -0.2) is 33.0 Å². The van der Waals surface area contributed by atoms with E-state index in [9.17, 15) is 4.79 Å². The molecule has 0 fully saturated rings. The topological polar surface area (TPSA) is 92.3 Å². The Morgan fingerprint density at radius 3 is 2.58 bits per heavy atom. The number of nitrogens with zero attached hydrogens (tertiary/aromatic N) is 4. The number of esters is 1. The van der Waals surface area contributed by atoms with E-state index < -0.39 is 5.97 Å². The molecule has 0 aliphatic carbocycles. The molecule has 4 aromatic rings. The van der Waals surface area contributed by atoms with E-state index in [0.29, 0.717) is 17.1 Å². The average molecular weight is 418 g/mol. The van der Waals surface area contributed by atoms with E-state index in [1.165, 1.54) is 0 Å². The second-order valence-corrected chi connectivity index (χ2v) is 6.95. The highest BCUT2D eigenvalue weighted by molar-refractivity contribution is 5.73. The second kappa shape index (κ2) is 8.83. The summed E-state index contributed by atoms with van der Waals surface area (Å²) < 4.78 is 17.7. The van der Waals surface area contributed by atoms with E-state index >= 15 is 0 Å². The molecule has 0 aliphatic heterocycles. The summed E-state index contributed by atoms with van der Waals surface area (Å²) in [6.07, 6.45) is 0.109. The molecule has 0 aliphatic rings. The lowest BCUT2D eigenvalue weighted by Crippen LogP contribution is -2.09. The zero-order valence-electron chi connectivity index (χ0n) is 17.5. The minimum absolute atomic E-state index is 0.105. The van der Waals surface area contributed by atoms with Crippen LogP contribution in [0.2, 0.25) is 0 Å². The highest BCUT2D eigenvalue weighted by Gasteiger charge is 2.18. The molecular weight excluding hydrogens is 396 g/mol. The molecule has 0 N–H and O–H groups in total. The van der Waals surface area contributed by atoms with Gasteiger partial charge in [0, 0.05) is 11.3 Å². The maximum atomic E-state index is 12.4. The fourth-order valence-corrected chi connectivity index (χ4v) is 3.34. The summed E-state index contributed by atoms with van der Waals surface area (Å²) in [5.41, 5.74) is 4.17. The van der Waals surface area contributed by atoms with Crippen molar-refractivity contribution >= 4 is 5.97 Å². The number of carbonyl (C=O) groups excluding carboxylic acids is 1. The third-order valence-corrected chi connectivity index (χ3v) is 4.94. The number of para-hydroxylation sites is 2. The molecule has 2 aromatic carbocycles. The number of methoxy groups -OCH3 is 1.